The van der Waals surface area contributed by atoms with E-state index < -0.39 is 24.3 Å². The summed E-state index contributed by atoms with van der Waals surface area (Å²) < 4.78 is 23.2. The molecule has 144 valence electrons. The molecule has 0 bridgehead atoms. The van der Waals surface area contributed by atoms with Crippen molar-refractivity contribution in [3.8, 4) is 17.0 Å². The van der Waals surface area contributed by atoms with E-state index in [2.05, 4.69) is 10.3 Å². The number of hydrogen-bond acceptors (Lipinski definition) is 6. The van der Waals surface area contributed by atoms with E-state index in [1.807, 2.05) is 29.6 Å². The molecule has 1 aromatic heterocycles. The highest BCUT2D eigenvalue weighted by atomic mass is 32.1. The minimum absolute atomic E-state index is 0.107. The average molecular weight is 400 g/mol. The first-order valence-corrected chi connectivity index (χ1v) is 9.21. The van der Waals surface area contributed by atoms with Crippen LogP contribution in [0.5, 0.6) is 5.75 Å². The maximum absolute atomic E-state index is 13.1. The molecule has 1 N–H and O–H groups in total. The number of anilines is 1. The standard InChI is InChI=1S/C20H17FN2O4S/c1-26-16-7-5-14(6-8-16)17-12-28-20(22-17)23-18(24)11-27-19(25)10-13-3-2-4-15(21)9-13/h2-9,12H,10-11H2,1H3,(H,22,23,24). The maximum atomic E-state index is 13.1. The molecule has 1 amide bonds. The van der Waals surface area contributed by atoms with Crippen LogP contribution < -0.4 is 10.1 Å². The number of methoxy groups -OCH3 is 1. The van der Waals surface area contributed by atoms with Gasteiger partial charge in [-0.3, -0.25) is 14.9 Å². The number of ether oxygens (including phenoxy) is 2. The Hall–Kier alpha value is -3.26. The molecule has 1 heterocycles. The summed E-state index contributed by atoms with van der Waals surface area (Å²) in [6.07, 6.45) is -0.107. The van der Waals surface area contributed by atoms with Gasteiger partial charge in [-0.1, -0.05) is 12.1 Å². The summed E-state index contributed by atoms with van der Waals surface area (Å²) in [4.78, 5) is 28.1. The van der Waals surface area contributed by atoms with Gasteiger partial charge in [-0.25, -0.2) is 9.37 Å². The lowest BCUT2D eigenvalue weighted by atomic mass is 10.1. The number of nitrogens with one attached hydrogen (secondary N) is 1. The van der Waals surface area contributed by atoms with E-state index in [-0.39, 0.29) is 6.42 Å². The van der Waals surface area contributed by atoms with Gasteiger partial charge in [-0.2, -0.15) is 0 Å². The predicted molar refractivity (Wildman–Crippen MR) is 104 cm³/mol. The summed E-state index contributed by atoms with van der Waals surface area (Å²) in [6.45, 7) is -0.439. The van der Waals surface area contributed by atoms with Crippen molar-refractivity contribution >= 4 is 28.3 Å². The molecule has 3 rings (SSSR count). The van der Waals surface area contributed by atoms with Crippen LogP contribution in [0.2, 0.25) is 0 Å². The maximum Gasteiger partial charge on any atom is 0.310 e. The molecule has 3 aromatic rings. The van der Waals surface area contributed by atoms with Gasteiger partial charge in [-0.05, 0) is 42.0 Å². The second-order valence-electron chi connectivity index (χ2n) is 5.78. The first-order valence-electron chi connectivity index (χ1n) is 8.33. The van der Waals surface area contributed by atoms with Gasteiger partial charge in [0.2, 0.25) is 0 Å². The van der Waals surface area contributed by atoms with Crippen molar-refractivity contribution in [1.82, 2.24) is 4.98 Å². The highest BCUT2D eigenvalue weighted by Gasteiger charge is 2.12. The Labute approximate surface area is 164 Å². The monoisotopic (exact) mass is 400 g/mol. The Bertz CT molecular complexity index is 972. The average Bonchev–Trinajstić information content (AvgIpc) is 3.15. The highest BCUT2D eigenvalue weighted by molar-refractivity contribution is 7.14. The molecule has 2 aromatic carbocycles. The predicted octanol–water partition coefficient (Wildman–Crippen LogP) is 3.68. The lowest BCUT2D eigenvalue weighted by molar-refractivity contribution is -0.146. The summed E-state index contributed by atoms with van der Waals surface area (Å²) in [6, 6.07) is 13.0. The molecule has 0 fully saturated rings. The molecular weight excluding hydrogens is 383 g/mol. The smallest absolute Gasteiger partial charge is 0.310 e. The normalized spacial score (nSPS) is 10.4. The van der Waals surface area contributed by atoms with E-state index >= 15 is 0 Å². The highest BCUT2D eigenvalue weighted by Crippen LogP contribution is 2.26. The third-order valence-electron chi connectivity index (χ3n) is 3.74. The lowest BCUT2D eigenvalue weighted by Crippen LogP contribution is -2.21. The molecule has 28 heavy (non-hydrogen) atoms. The Morgan fingerprint density at radius 2 is 1.96 bits per heavy atom. The largest absolute Gasteiger partial charge is 0.497 e. The fourth-order valence-electron chi connectivity index (χ4n) is 2.39. The molecule has 0 unspecified atom stereocenters. The zero-order chi connectivity index (χ0) is 19.9. The Morgan fingerprint density at radius 1 is 1.18 bits per heavy atom. The molecule has 6 nitrogen and oxygen atoms in total. The van der Waals surface area contributed by atoms with E-state index in [0.29, 0.717) is 16.4 Å². The van der Waals surface area contributed by atoms with Crippen LogP contribution in [0.3, 0.4) is 0 Å². The van der Waals surface area contributed by atoms with Crippen LogP contribution in [0.1, 0.15) is 5.56 Å². The summed E-state index contributed by atoms with van der Waals surface area (Å²) in [5, 5.41) is 4.80. The van der Waals surface area contributed by atoms with Gasteiger partial charge in [0.1, 0.15) is 11.6 Å². The van der Waals surface area contributed by atoms with E-state index in [0.717, 1.165) is 11.3 Å². The fraction of sp³-hybridized carbons (Fsp3) is 0.150. The van der Waals surface area contributed by atoms with E-state index in [1.54, 1.807) is 13.2 Å². The number of carbonyl (C=O) groups excluding carboxylic acids is 2. The van der Waals surface area contributed by atoms with Crippen LogP contribution in [-0.2, 0) is 20.7 Å². The molecule has 0 radical (unpaired) electrons. The molecular formula is C20H17FN2O4S. The molecule has 0 saturated heterocycles. The van der Waals surface area contributed by atoms with E-state index in [9.17, 15) is 14.0 Å². The summed E-state index contributed by atoms with van der Waals surface area (Å²) in [5.41, 5.74) is 2.08. The van der Waals surface area contributed by atoms with Crippen LogP contribution >= 0.6 is 11.3 Å². The van der Waals surface area contributed by atoms with Crippen LogP contribution in [0.15, 0.2) is 53.9 Å². The SMILES string of the molecule is COc1ccc(-c2csc(NC(=O)COC(=O)Cc3cccc(F)c3)n2)cc1. The number of benzene rings is 2. The summed E-state index contributed by atoms with van der Waals surface area (Å²) in [5.74, 6) is -0.797. The molecule has 8 heteroatoms. The van der Waals surface area contributed by atoms with E-state index in [4.69, 9.17) is 9.47 Å². The zero-order valence-electron chi connectivity index (χ0n) is 15.0. The van der Waals surface area contributed by atoms with Crippen LogP contribution in [0, 0.1) is 5.82 Å². The van der Waals surface area contributed by atoms with Gasteiger partial charge in [-0.15, -0.1) is 11.3 Å². The third-order valence-corrected chi connectivity index (χ3v) is 4.50. The number of thiazole rings is 1. The zero-order valence-corrected chi connectivity index (χ0v) is 15.8. The van der Waals surface area contributed by atoms with Crippen LogP contribution in [0.25, 0.3) is 11.3 Å². The Balaban J connectivity index is 1.49. The second-order valence-corrected chi connectivity index (χ2v) is 6.64. The van der Waals surface area contributed by atoms with Crippen molar-refractivity contribution < 1.29 is 23.5 Å². The van der Waals surface area contributed by atoms with Crippen molar-refractivity contribution in [3.05, 3.63) is 65.3 Å². The number of amides is 1. The third kappa shape index (κ3) is 5.37. The molecule has 0 aliphatic carbocycles. The molecule has 0 saturated carbocycles. The van der Waals surface area contributed by atoms with Gasteiger partial charge in [0.15, 0.2) is 11.7 Å². The Kier molecular flexibility index (Phi) is 6.33. The number of aromatic nitrogens is 1. The summed E-state index contributed by atoms with van der Waals surface area (Å²) >= 11 is 1.26. The minimum Gasteiger partial charge on any atom is -0.497 e. The quantitative estimate of drug-likeness (QED) is 0.612. The fourth-order valence-corrected chi connectivity index (χ4v) is 3.13. The van der Waals surface area contributed by atoms with Gasteiger partial charge >= 0.3 is 5.97 Å². The number of carbonyl (C=O) groups is 2. The number of halogens is 1. The molecule has 0 aliphatic rings. The Morgan fingerprint density at radius 3 is 2.68 bits per heavy atom. The van der Waals surface area contributed by atoms with Gasteiger partial charge in [0, 0.05) is 10.9 Å². The summed E-state index contributed by atoms with van der Waals surface area (Å²) in [7, 11) is 1.59. The van der Waals surface area contributed by atoms with Gasteiger partial charge in [0.05, 0.1) is 19.2 Å². The molecule has 0 aliphatic heterocycles. The second kappa shape index (κ2) is 9.09. The van der Waals surface area contributed by atoms with Crippen LogP contribution in [-0.4, -0.2) is 30.6 Å². The number of esters is 1. The van der Waals surface area contributed by atoms with Crippen molar-refractivity contribution in [2.45, 2.75) is 6.42 Å². The van der Waals surface area contributed by atoms with Crippen molar-refractivity contribution in [2.24, 2.45) is 0 Å². The number of nitrogens with zero attached hydrogens (tertiary/aromatic N) is 1. The van der Waals surface area contributed by atoms with Crippen molar-refractivity contribution in [1.29, 1.82) is 0 Å². The molecule has 0 spiro atoms. The number of hydrogen-bond donors (Lipinski definition) is 1. The van der Waals surface area contributed by atoms with Gasteiger partial charge in [0.25, 0.3) is 5.91 Å². The van der Waals surface area contributed by atoms with Gasteiger partial charge < -0.3 is 9.47 Å². The lowest BCUT2D eigenvalue weighted by Gasteiger charge is -2.05. The molecule has 0 atom stereocenters. The minimum atomic E-state index is -0.612. The van der Waals surface area contributed by atoms with Crippen molar-refractivity contribution in [2.75, 3.05) is 19.0 Å². The van der Waals surface area contributed by atoms with Crippen molar-refractivity contribution in [3.63, 3.8) is 0 Å². The topological polar surface area (TPSA) is 77.5 Å². The van der Waals surface area contributed by atoms with Crippen LogP contribution in [0.4, 0.5) is 9.52 Å². The number of rotatable bonds is 7. The first kappa shape index (κ1) is 19.5. The van der Waals surface area contributed by atoms with E-state index in [1.165, 1.54) is 29.5 Å². The first-order chi connectivity index (χ1) is 13.5.